The molecule has 1 N–H and O–H groups in total. The lowest BCUT2D eigenvalue weighted by Gasteiger charge is -2.12. The molecule has 0 unspecified atom stereocenters. The topological polar surface area (TPSA) is 75.5 Å². The molecule has 142 valence electrons. The predicted octanol–water partition coefficient (Wildman–Crippen LogP) is 4.58. The molecule has 3 aromatic carbocycles. The molecule has 0 aliphatic heterocycles. The summed E-state index contributed by atoms with van der Waals surface area (Å²) in [6.07, 6.45) is 0. The minimum atomic E-state index is -0.400. The molecular formula is C22H21N3O3. The first-order valence-electron chi connectivity index (χ1n) is 8.84. The van der Waals surface area contributed by atoms with Crippen LogP contribution in [0.25, 0.3) is 11.1 Å². The van der Waals surface area contributed by atoms with Crippen LogP contribution in [-0.2, 0) is 6.54 Å². The van der Waals surface area contributed by atoms with Gasteiger partial charge in [0.05, 0.1) is 4.92 Å². The van der Waals surface area contributed by atoms with E-state index in [1.54, 1.807) is 38.4 Å². The van der Waals surface area contributed by atoms with Gasteiger partial charge in [-0.15, -0.1) is 0 Å². The molecule has 0 saturated carbocycles. The van der Waals surface area contributed by atoms with E-state index >= 15 is 0 Å². The Morgan fingerprint density at radius 1 is 0.964 bits per heavy atom. The van der Waals surface area contributed by atoms with Gasteiger partial charge in [-0.25, -0.2) is 0 Å². The maximum absolute atomic E-state index is 12.2. The first-order chi connectivity index (χ1) is 13.5. The van der Waals surface area contributed by atoms with Crippen molar-refractivity contribution in [1.82, 2.24) is 4.90 Å². The lowest BCUT2D eigenvalue weighted by molar-refractivity contribution is -0.384. The number of anilines is 1. The van der Waals surface area contributed by atoms with Gasteiger partial charge in [-0.1, -0.05) is 42.5 Å². The Bertz CT molecular complexity index is 1000. The third kappa shape index (κ3) is 4.35. The number of amides is 1. The second-order valence-corrected chi connectivity index (χ2v) is 6.61. The Morgan fingerprint density at radius 3 is 2.36 bits per heavy atom. The van der Waals surface area contributed by atoms with E-state index in [1.807, 2.05) is 42.5 Å². The lowest BCUT2D eigenvalue weighted by Crippen LogP contribution is -2.21. The van der Waals surface area contributed by atoms with Crippen molar-refractivity contribution in [2.24, 2.45) is 0 Å². The summed E-state index contributed by atoms with van der Waals surface area (Å²) in [7, 11) is 3.40. The van der Waals surface area contributed by atoms with E-state index in [0.717, 1.165) is 16.7 Å². The van der Waals surface area contributed by atoms with E-state index in [9.17, 15) is 14.9 Å². The van der Waals surface area contributed by atoms with Crippen molar-refractivity contribution in [3.63, 3.8) is 0 Å². The van der Waals surface area contributed by atoms with Gasteiger partial charge >= 0.3 is 0 Å². The molecule has 3 aromatic rings. The van der Waals surface area contributed by atoms with Crippen LogP contribution in [0.5, 0.6) is 0 Å². The minimum Gasteiger partial charge on any atom is -0.375 e. The highest BCUT2D eigenvalue weighted by molar-refractivity contribution is 5.95. The standard InChI is InChI=1S/C22H21N3O3/c1-24(2)22(26)19-10-6-9-17(13-19)18-11-12-21(25(27)28)20(14-18)23-15-16-7-4-3-5-8-16/h3-14,23H,15H2,1-2H3. The van der Waals surface area contributed by atoms with E-state index in [-0.39, 0.29) is 11.6 Å². The highest BCUT2D eigenvalue weighted by Gasteiger charge is 2.16. The molecule has 28 heavy (non-hydrogen) atoms. The number of nitro groups is 1. The maximum Gasteiger partial charge on any atom is 0.292 e. The van der Waals surface area contributed by atoms with Crippen molar-refractivity contribution in [2.75, 3.05) is 19.4 Å². The summed E-state index contributed by atoms with van der Waals surface area (Å²) in [4.78, 5) is 24.8. The van der Waals surface area contributed by atoms with E-state index in [1.165, 1.54) is 11.0 Å². The molecule has 0 aliphatic carbocycles. The molecule has 1 amide bonds. The van der Waals surface area contributed by atoms with Crippen molar-refractivity contribution < 1.29 is 9.72 Å². The Hall–Kier alpha value is -3.67. The quantitative estimate of drug-likeness (QED) is 0.506. The number of nitrogens with zero attached hydrogens (tertiary/aromatic N) is 2. The monoisotopic (exact) mass is 375 g/mol. The number of hydrogen-bond acceptors (Lipinski definition) is 4. The van der Waals surface area contributed by atoms with Crippen LogP contribution in [0.4, 0.5) is 11.4 Å². The first-order valence-corrected chi connectivity index (χ1v) is 8.84. The van der Waals surface area contributed by atoms with Crippen LogP contribution in [0, 0.1) is 10.1 Å². The molecule has 0 bridgehead atoms. The van der Waals surface area contributed by atoms with Crippen molar-refractivity contribution in [3.8, 4) is 11.1 Å². The summed E-state index contributed by atoms with van der Waals surface area (Å²) < 4.78 is 0. The van der Waals surface area contributed by atoms with E-state index in [2.05, 4.69) is 5.32 Å². The highest BCUT2D eigenvalue weighted by atomic mass is 16.6. The number of carbonyl (C=O) groups is 1. The average Bonchev–Trinajstić information content (AvgIpc) is 2.72. The predicted molar refractivity (Wildman–Crippen MR) is 110 cm³/mol. The summed E-state index contributed by atoms with van der Waals surface area (Å²) in [5.74, 6) is -0.0915. The van der Waals surface area contributed by atoms with Gasteiger partial charge < -0.3 is 10.2 Å². The third-order valence-corrected chi connectivity index (χ3v) is 4.37. The highest BCUT2D eigenvalue weighted by Crippen LogP contribution is 2.31. The number of hydrogen-bond donors (Lipinski definition) is 1. The largest absolute Gasteiger partial charge is 0.375 e. The number of nitro benzene ring substituents is 1. The van der Waals surface area contributed by atoms with Crippen LogP contribution >= 0.6 is 0 Å². The van der Waals surface area contributed by atoms with Gasteiger partial charge in [-0.05, 0) is 41.0 Å². The SMILES string of the molecule is CN(C)C(=O)c1cccc(-c2ccc([N+](=O)[O-])c(NCc3ccccc3)c2)c1. The van der Waals surface area contributed by atoms with Crippen LogP contribution in [0.2, 0.25) is 0 Å². The van der Waals surface area contributed by atoms with Crippen molar-refractivity contribution in [3.05, 3.63) is 94.0 Å². The summed E-state index contributed by atoms with van der Waals surface area (Å²) in [5, 5.41) is 14.6. The molecule has 0 spiro atoms. The summed E-state index contributed by atoms with van der Waals surface area (Å²) in [6.45, 7) is 0.476. The number of carbonyl (C=O) groups excluding carboxylic acids is 1. The third-order valence-electron chi connectivity index (χ3n) is 4.37. The molecule has 3 rings (SSSR count). The summed E-state index contributed by atoms with van der Waals surface area (Å²) in [5.41, 5.74) is 3.68. The van der Waals surface area contributed by atoms with Crippen molar-refractivity contribution in [1.29, 1.82) is 0 Å². The number of rotatable bonds is 6. The van der Waals surface area contributed by atoms with Gasteiger partial charge in [0.15, 0.2) is 0 Å². The normalized spacial score (nSPS) is 10.4. The molecule has 0 heterocycles. The fourth-order valence-corrected chi connectivity index (χ4v) is 2.90. The molecule has 6 nitrogen and oxygen atoms in total. The van der Waals surface area contributed by atoms with E-state index < -0.39 is 4.92 Å². The Labute approximate surface area is 163 Å². The zero-order valence-corrected chi connectivity index (χ0v) is 15.8. The zero-order chi connectivity index (χ0) is 20.1. The Kier molecular flexibility index (Phi) is 5.69. The van der Waals surface area contributed by atoms with E-state index in [4.69, 9.17) is 0 Å². The first kappa shape index (κ1) is 19.1. The Morgan fingerprint density at radius 2 is 1.68 bits per heavy atom. The van der Waals surface area contributed by atoms with Crippen LogP contribution in [0.1, 0.15) is 15.9 Å². The zero-order valence-electron chi connectivity index (χ0n) is 15.8. The molecular weight excluding hydrogens is 354 g/mol. The smallest absolute Gasteiger partial charge is 0.292 e. The van der Waals surface area contributed by atoms with Crippen LogP contribution in [0.3, 0.4) is 0 Å². The maximum atomic E-state index is 12.2. The van der Waals surface area contributed by atoms with Crippen LogP contribution in [-0.4, -0.2) is 29.8 Å². The van der Waals surface area contributed by atoms with Gasteiger partial charge in [0.1, 0.15) is 5.69 Å². The second kappa shape index (κ2) is 8.35. The molecule has 0 aromatic heterocycles. The molecule has 0 fully saturated rings. The summed E-state index contributed by atoms with van der Waals surface area (Å²) >= 11 is 0. The van der Waals surface area contributed by atoms with E-state index in [0.29, 0.717) is 17.8 Å². The van der Waals surface area contributed by atoms with Gasteiger partial charge in [0.2, 0.25) is 0 Å². The number of nitrogens with one attached hydrogen (secondary N) is 1. The van der Waals surface area contributed by atoms with Crippen molar-refractivity contribution >= 4 is 17.3 Å². The minimum absolute atomic E-state index is 0.0141. The molecule has 6 heteroatoms. The molecule has 0 saturated heterocycles. The number of benzene rings is 3. The lowest BCUT2D eigenvalue weighted by atomic mass is 10.0. The van der Waals surface area contributed by atoms with Crippen LogP contribution in [0.15, 0.2) is 72.8 Å². The van der Waals surface area contributed by atoms with Gasteiger partial charge in [-0.2, -0.15) is 0 Å². The van der Waals surface area contributed by atoms with Crippen molar-refractivity contribution in [2.45, 2.75) is 6.54 Å². The summed E-state index contributed by atoms with van der Waals surface area (Å²) in [6, 6.07) is 21.9. The van der Waals surface area contributed by atoms with Gasteiger partial charge in [-0.3, -0.25) is 14.9 Å². The molecule has 0 radical (unpaired) electrons. The van der Waals surface area contributed by atoms with Gasteiger partial charge in [0.25, 0.3) is 11.6 Å². The average molecular weight is 375 g/mol. The van der Waals surface area contributed by atoms with Crippen LogP contribution < -0.4 is 5.32 Å². The molecule has 0 atom stereocenters. The van der Waals surface area contributed by atoms with Gasteiger partial charge in [0, 0.05) is 32.3 Å². The Balaban J connectivity index is 1.93. The fraction of sp³-hybridized carbons (Fsp3) is 0.136. The fourth-order valence-electron chi connectivity index (χ4n) is 2.90. The second-order valence-electron chi connectivity index (χ2n) is 6.61. The molecule has 0 aliphatic rings.